The number of hydrogen-bond acceptors (Lipinski definition) is 4. The highest BCUT2D eigenvalue weighted by Crippen LogP contribution is 2.23. The molecule has 17 heavy (non-hydrogen) atoms. The fourth-order valence-electron chi connectivity index (χ4n) is 1.46. The van der Waals surface area contributed by atoms with Gasteiger partial charge in [-0.2, -0.15) is 0 Å². The van der Waals surface area contributed by atoms with Crippen LogP contribution in [0.1, 0.15) is 0 Å². The summed E-state index contributed by atoms with van der Waals surface area (Å²) in [4.78, 5) is 10.4. The summed E-state index contributed by atoms with van der Waals surface area (Å²) in [6.07, 6.45) is 0. The van der Waals surface area contributed by atoms with Crippen molar-refractivity contribution in [1.29, 1.82) is 0 Å². The SMILES string of the molecule is COc1ccc([N+](=O)[O-])n1Nc1ccccc1. The van der Waals surface area contributed by atoms with E-state index in [9.17, 15) is 10.1 Å². The summed E-state index contributed by atoms with van der Waals surface area (Å²) in [6.45, 7) is 0. The molecule has 1 aromatic heterocycles. The van der Waals surface area contributed by atoms with E-state index in [0.717, 1.165) is 5.69 Å². The second-order valence-corrected chi connectivity index (χ2v) is 3.30. The van der Waals surface area contributed by atoms with Crippen molar-refractivity contribution in [2.45, 2.75) is 0 Å². The molecule has 0 radical (unpaired) electrons. The molecule has 2 aromatic rings. The highest BCUT2D eigenvalue weighted by atomic mass is 16.6. The van der Waals surface area contributed by atoms with Gasteiger partial charge in [0.1, 0.15) is 0 Å². The summed E-state index contributed by atoms with van der Waals surface area (Å²) in [5.74, 6) is 0.297. The highest BCUT2D eigenvalue weighted by Gasteiger charge is 2.19. The van der Waals surface area contributed by atoms with Crippen LogP contribution in [0.25, 0.3) is 0 Å². The summed E-state index contributed by atoms with van der Waals surface area (Å²) in [7, 11) is 1.46. The van der Waals surface area contributed by atoms with E-state index in [1.165, 1.54) is 23.9 Å². The molecule has 0 aliphatic carbocycles. The van der Waals surface area contributed by atoms with Crippen molar-refractivity contribution < 1.29 is 9.66 Å². The first-order valence-corrected chi connectivity index (χ1v) is 4.94. The first-order chi connectivity index (χ1) is 8.22. The summed E-state index contributed by atoms with van der Waals surface area (Å²) < 4.78 is 6.33. The Morgan fingerprint density at radius 3 is 2.53 bits per heavy atom. The lowest BCUT2D eigenvalue weighted by atomic mass is 10.3. The van der Waals surface area contributed by atoms with Gasteiger partial charge in [-0.15, -0.1) is 0 Å². The molecule has 0 fully saturated rings. The van der Waals surface area contributed by atoms with Gasteiger partial charge >= 0.3 is 11.7 Å². The van der Waals surface area contributed by atoms with Crippen LogP contribution in [0.5, 0.6) is 5.88 Å². The molecule has 0 atom stereocenters. The summed E-state index contributed by atoms with van der Waals surface area (Å²) in [5.41, 5.74) is 3.64. The second-order valence-electron chi connectivity index (χ2n) is 3.30. The number of methoxy groups -OCH3 is 1. The monoisotopic (exact) mass is 233 g/mol. The summed E-state index contributed by atoms with van der Waals surface area (Å²) in [5, 5.41) is 10.8. The van der Waals surface area contributed by atoms with Gasteiger partial charge in [0.15, 0.2) is 0 Å². The fraction of sp³-hybridized carbons (Fsp3) is 0.0909. The molecule has 2 rings (SSSR count). The number of rotatable bonds is 4. The summed E-state index contributed by atoms with van der Waals surface area (Å²) in [6, 6.07) is 12.1. The van der Waals surface area contributed by atoms with E-state index < -0.39 is 4.92 Å². The van der Waals surface area contributed by atoms with Gasteiger partial charge in [-0.3, -0.25) is 0 Å². The zero-order valence-corrected chi connectivity index (χ0v) is 9.16. The van der Waals surface area contributed by atoms with Crippen LogP contribution in [-0.2, 0) is 0 Å². The van der Waals surface area contributed by atoms with Crippen LogP contribution in [-0.4, -0.2) is 16.7 Å². The Morgan fingerprint density at radius 2 is 1.94 bits per heavy atom. The average molecular weight is 233 g/mol. The molecule has 0 spiro atoms. The minimum Gasteiger partial charge on any atom is -0.464 e. The van der Waals surface area contributed by atoms with Gasteiger partial charge in [-0.25, -0.2) is 5.43 Å². The second kappa shape index (κ2) is 4.56. The molecule has 1 N–H and O–H groups in total. The van der Waals surface area contributed by atoms with Gasteiger partial charge in [0.2, 0.25) is 0 Å². The smallest absolute Gasteiger partial charge is 0.349 e. The number of hydrogen-bond donors (Lipinski definition) is 1. The normalized spacial score (nSPS) is 9.94. The number of para-hydroxylation sites is 1. The first-order valence-electron chi connectivity index (χ1n) is 4.94. The van der Waals surface area contributed by atoms with E-state index in [1.54, 1.807) is 0 Å². The first kappa shape index (κ1) is 11.0. The Hall–Kier alpha value is -2.50. The number of nitrogens with zero attached hydrogens (tertiary/aromatic N) is 2. The third-order valence-corrected chi connectivity index (χ3v) is 2.24. The third kappa shape index (κ3) is 2.20. The highest BCUT2D eigenvalue weighted by molar-refractivity contribution is 5.46. The Balaban J connectivity index is 2.37. The molecule has 0 amide bonds. The van der Waals surface area contributed by atoms with Gasteiger partial charge in [-0.1, -0.05) is 22.9 Å². The predicted octanol–water partition coefficient (Wildman–Crippen LogP) is 2.28. The molecule has 6 nitrogen and oxygen atoms in total. The molecule has 1 heterocycles. The molecule has 0 bridgehead atoms. The fourth-order valence-corrected chi connectivity index (χ4v) is 1.46. The van der Waals surface area contributed by atoms with Crippen LogP contribution in [0.2, 0.25) is 0 Å². The Labute approximate surface area is 97.6 Å². The molecule has 0 saturated heterocycles. The number of anilines is 1. The van der Waals surface area contributed by atoms with Gasteiger partial charge in [0.25, 0.3) is 0 Å². The van der Waals surface area contributed by atoms with Gasteiger partial charge in [0.05, 0.1) is 12.8 Å². The maximum absolute atomic E-state index is 10.8. The number of nitro groups is 1. The van der Waals surface area contributed by atoms with Crippen LogP contribution < -0.4 is 10.2 Å². The van der Waals surface area contributed by atoms with E-state index in [1.807, 2.05) is 30.3 Å². The molecular formula is C11H11N3O3. The molecule has 0 saturated carbocycles. The van der Waals surface area contributed by atoms with Crippen LogP contribution in [0.4, 0.5) is 11.5 Å². The number of aromatic nitrogens is 1. The lowest BCUT2D eigenvalue weighted by Gasteiger charge is -2.06. The van der Waals surface area contributed by atoms with E-state index in [-0.39, 0.29) is 5.82 Å². The topological polar surface area (TPSA) is 69.3 Å². The largest absolute Gasteiger partial charge is 0.464 e. The molecule has 6 heteroatoms. The predicted molar refractivity (Wildman–Crippen MR) is 63.1 cm³/mol. The van der Waals surface area contributed by atoms with Crippen molar-refractivity contribution in [1.82, 2.24) is 4.68 Å². The number of nitrogens with one attached hydrogen (secondary N) is 1. The van der Waals surface area contributed by atoms with Crippen molar-refractivity contribution in [3.05, 3.63) is 52.6 Å². The van der Waals surface area contributed by atoms with Gasteiger partial charge < -0.3 is 14.9 Å². The van der Waals surface area contributed by atoms with E-state index in [4.69, 9.17) is 4.74 Å². The van der Waals surface area contributed by atoms with E-state index in [0.29, 0.717) is 5.88 Å². The van der Waals surface area contributed by atoms with Crippen LogP contribution in [0.3, 0.4) is 0 Å². The third-order valence-electron chi connectivity index (χ3n) is 2.24. The molecular weight excluding hydrogens is 222 g/mol. The average Bonchev–Trinajstić information content (AvgIpc) is 2.73. The number of ether oxygens (including phenoxy) is 1. The lowest BCUT2D eigenvalue weighted by Crippen LogP contribution is -2.12. The Morgan fingerprint density at radius 1 is 1.24 bits per heavy atom. The molecule has 88 valence electrons. The molecule has 0 aliphatic rings. The van der Waals surface area contributed by atoms with Gasteiger partial charge in [-0.05, 0) is 17.1 Å². The van der Waals surface area contributed by atoms with Crippen molar-refractivity contribution in [2.75, 3.05) is 12.5 Å². The Kier molecular flexibility index (Phi) is 2.95. The minimum absolute atomic E-state index is 0.0781. The zero-order chi connectivity index (χ0) is 12.3. The van der Waals surface area contributed by atoms with Crippen molar-refractivity contribution in [3.8, 4) is 5.88 Å². The van der Waals surface area contributed by atoms with Crippen LogP contribution in [0, 0.1) is 10.1 Å². The lowest BCUT2D eigenvalue weighted by molar-refractivity contribution is -0.391. The summed E-state index contributed by atoms with van der Waals surface area (Å²) >= 11 is 0. The molecule has 0 unspecified atom stereocenters. The molecule has 1 aromatic carbocycles. The van der Waals surface area contributed by atoms with Gasteiger partial charge in [0, 0.05) is 12.1 Å². The van der Waals surface area contributed by atoms with Crippen molar-refractivity contribution in [3.63, 3.8) is 0 Å². The van der Waals surface area contributed by atoms with Crippen LogP contribution in [0.15, 0.2) is 42.5 Å². The minimum atomic E-state index is -0.474. The van der Waals surface area contributed by atoms with Crippen molar-refractivity contribution >= 4 is 11.5 Å². The van der Waals surface area contributed by atoms with E-state index >= 15 is 0 Å². The quantitative estimate of drug-likeness (QED) is 0.649. The standard InChI is InChI=1S/C11H11N3O3/c1-17-11-8-7-10(14(15)16)13(11)12-9-5-3-2-4-6-9/h2-8,12H,1H3. The maximum Gasteiger partial charge on any atom is 0.349 e. The maximum atomic E-state index is 10.8. The van der Waals surface area contributed by atoms with Crippen LogP contribution >= 0.6 is 0 Å². The van der Waals surface area contributed by atoms with Crippen molar-refractivity contribution in [2.24, 2.45) is 0 Å². The van der Waals surface area contributed by atoms with E-state index in [2.05, 4.69) is 5.43 Å². The molecule has 0 aliphatic heterocycles. The zero-order valence-electron chi connectivity index (χ0n) is 9.16. The number of benzene rings is 1. The Bertz CT molecular complexity index is 522.